The molecule has 0 aliphatic heterocycles. The summed E-state index contributed by atoms with van der Waals surface area (Å²) in [6.07, 6.45) is 29.1. The van der Waals surface area contributed by atoms with Gasteiger partial charge in [-0.3, -0.25) is 0 Å². The number of alkyl halides is 1. The summed E-state index contributed by atoms with van der Waals surface area (Å²) in [6, 6.07) is 0. The summed E-state index contributed by atoms with van der Waals surface area (Å²) in [5.41, 5.74) is 0. The van der Waals surface area contributed by atoms with Gasteiger partial charge in [-0.25, -0.2) is 0 Å². The van der Waals surface area contributed by atoms with Crippen molar-refractivity contribution in [3.8, 4) is 0 Å². The second kappa shape index (κ2) is 22.5. The van der Waals surface area contributed by atoms with Crippen LogP contribution in [0.2, 0.25) is 0 Å². The summed E-state index contributed by atoms with van der Waals surface area (Å²) in [7, 11) is 0. The highest BCUT2D eigenvalue weighted by atomic mass is 79.9. The fourth-order valence-electron chi connectivity index (χ4n) is 3.90. The van der Waals surface area contributed by atoms with E-state index < -0.39 is 0 Å². The van der Waals surface area contributed by atoms with Crippen molar-refractivity contribution in [2.75, 3.05) is 5.33 Å². The van der Waals surface area contributed by atoms with E-state index >= 15 is 0 Å². The van der Waals surface area contributed by atoms with Crippen LogP contribution in [0.5, 0.6) is 0 Å². The highest BCUT2D eigenvalue weighted by Crippen LogP contribution is 2.23. The van der Waals surface area contributed by atoms with Gasteiger partial charge in [-0.1, -0.05) is 152 Å². The van der Waals surface area contributed by atoms with E-state index in [2.05, 4.69) is 29.8 Å². The maximum absolute atomic E-state index is 3.67. The van der Waals surface area contributed by atoms with E-state index in [0.717, 1.165) is 5.92 Å². The Balaban J connectivity index is 3.41. The van der Waals surface area contributed by atoms with Crippen LogP contribution in [-0.4, -0.2) is 5.33 Å². The average molecular weight is 418 g/mol. The zero-order valence-corrected chi connectivity index (χ0v) is 19.4. The van der Waals surface area contributed by atoms with Crippen LogP contribution in [0.3, 0.4) is 0 Å². The van der Waals surface area contributed by atoms with Crippen molar-refractivity contribution >= 4 is 15.9 Å². The molecule has 0 bridgehead atoms. The number of rotatable bonds is 21. The molecule has 0 heterocycles. The van der Waals surface area contributed by atoms with Crippen LogP contribution < -0.4 is 0 Å². The maximum Gasteiger partial charge on any atom is 0.00339 e. The molecule has 0 aromatic heterocycles. The second-order valence-electron chi connectivity index (χ2n) is 8.22. The van der Waals surface area contributed by atoms with Crippen LogP contribution in [-0.2, 0) is 0 Å². The van der Waals surface area contributed by atoms with Crippen LogP contribution in [0.4, 0.5) is 0 Å². The third kappa shape index (κ3) is 20.6. The van der Waals surface area contributed by atoms with Gasteiger partial charge < -0.3 is 0 Å². The molecule has 1 atom stereocenters. The number of halogens is 1. The van der Waals surface area contributed by atoms with Crippen molar-refractivity contribution in [2.45, 2.75) is 142 Å². The molecule has 1 unspecified atom stereocenters. The summed E-state index contributed by atoms with van der Waals surface area (Å²) in [5.74, 6) is 0.990. The molecule has 0 nitrogen and oxygen atoms in total. The predicted molar refractivity (Wildman–Crippen MR) is 121 cm³/mol. The lowest BCUT2D eigenvalue weighted by atomic mass is 9.92. The summed E-state index contributed by atoms with van der Waals surface area (Å²) in [5, 5.41) is 1.20. The van der Waals surface area contributed by atoms with Gasteiger partial charge in [0, 0.05) is 5.33 Å². The quantitative estimate of drug-likeness (QED) is 0.129. The zero-order chi connectivity index (χ0) is 18.4. The number of hydrogen-bond acceptors (Lipinski definition) is 0. The largest absolute Gasteiger partial charge is 0.0928 e. The van der Waals surface area contributed by atoms with Crippen molar-refractivity contribution < 1.29 is 0 Å². The Morgan fingerprint density at radius 2 is 0.760 bits per heavy atom. The minimum Gasteiger partial charge on any atom is -0.0928 e. The molecule has 0 aliphatic rings. The van der Waals surface area contributed by atoms with Crippen molar-refractivity contribution in [2.24, 2.45) is 5.92 Å². The van der Waals surface area contributed by atoms with Crippen LogP contribution in [0.25, 0.3) is 0 Å². The smallest absolute Gasteiger partial charge is 0.00339 e. The van der Waals surface area contributed by atoms with E-state index in [1.807, 2.05) is 0 Å². The van der Waals surface area contributed by atoms with E-state index in [0.29, 0.717) is 0 Å². The minimum absolute atomic E-state index is 0.990. The Morgan fingerprint density at radius 3 is 1.08 bits per heavy atom. The molecule has 0 fully saturated rings. The summed E-state index contributed by atoms with van der Waals surface area (Å²) < 4.78 is 0. The lowest BCUT2D eigenvalue weighted by Gasteiger charge is -2.15. The van der Waals surface area contributed by atoms with Crippen molar-refractivity contribution in [1.29, 1.82) is 0 Å². The maximum atomic E-state index is 3.67. The Hall–Kier alpha value is 0.480. The second-order valence-corrected chi connectivity index (χ2v) is 9.02. The molecule has 0 amide bonds. The van der Waals surface area contributed by atoms with E-state index in [4.69, 9.17) is 0 Å². The standard InChI is InChI=1S/C24H49Br/c1-3-5-7-9-11-12-13-15-17-19-21-24(22-23-25)20-18-16-14-10-8-6-4-2/h24H,3-23H2,1-2H3. The molecule has 0 saturated heterocycles. The molecule has 0 N–H and O–H groups in total. The Morgan fingerprint density at radius 1 is 0.440 bits per heavy atom. The lowest BCUT2D eigenvalue weighted by molar-refractivity contribution is 0.395. The van der Waals surface area contributed by atoms with E-state index in [-0.39, 0.29) is 0 Å². The minimum atomic E-state index is 0.990. The molecule has 25 heavy (non-hydrogen) atoms. The Kier molecular flexibility index (Phi) is 23.0. The first-order valence-corrected chi connectivity index (χ1v) is 13.0. The normalized spacial score (nSPS) is 12.6. The highest BCUT2D eigenvalue weighted by Gasteiger charge is 2.07. The molecule has 0 radical (unpaired) electrons. The van der Waals surface area contributed by atoms with Gasteiger partial charge in [0.1, 0.15) is 0 Å². The molecular weight excluding hydrogens is 368 g/mol. The molecule has 0 aliphatic carbocycles. The molecule has 0 saturated carbocycles. The highest BCUT2D eigenvalue weighted by molar-refractivity contribution is 9.09. The molecule has 1 heteroatoms. The van der Waals surface area contributed by atoms with Gasteiger partial charge in [0.15, 0.2) is 0 Å². The summed E-state index contributed by atoms with van der Waals surface area (Å²) in [6.45, 7) is 4.61. The topological polar surface area (TPSA) is 0 Å². The average Bonchev–Trinajstić information content (AvgIpc) is 2.62. The lowest BCUT2D eigenvalue weighted by Crippen LogP contribution is -2.02. The van der Waals surface area contributed by atoms with Gasteiger partial charge in [-0.15, -0.1) is 0 Å². The van der Waals surface area contributed by atoms with E-state index in [9.17, 15) is 0 Å². The van der Waals surface area contributed by atoms with Gasteiger partial charge in [-0.2, -0.15) is 0 Å². The third-order valence-electron chi connectivity index (χ3n) is 5.70. The molecule has 0 spiro atoms. The number of hydrogen-bond donors (Lipinski definition) is 0. The molecule has 0 rings (SSSR count). The first-order chi connectivity index (χ1) is 12.3. The van der Waals surface area contributed by atoms with Gasteiger partial charge >= 0.3 is 0 Å². The van der Waals surface area contributed by atoms with Crippen LogP contribution >= 0.6 is 15.9 Å². The zero-order valence-electron chi connectivity index (χ0n) is 17.8. The van der Waals surface area contributed by atoms with E-state index in [1.54, 1.807) is 0 Å². The monoisotopic (exact) mass is 416 g/mol. The third-order valence-corrected chi connectivity index (χ3v) is 6.16. The fourth-order valence-corrected chi connectivity index (χ4v) is 4.55. The van der Waals surface area contributed by atoms with Crippen LogP contribution in [0.1, 0.15) is 142 Å². The van der Waals surface area contributed by atoms with Gasteiger partial charge in [0.25, 0.3) is 0 Å². The van der Waals surface area contributed by atoms with Crippen molar-refractivity contribution in [1.82, 2.24) is 0 Å². The van der Waals surface area contributed by atoms with Crippen molar-refractivity contribution in [3.05, 3.63) is 0 Å². The first kappa shape index (κ1) is 25.5. The number of unbranched alkanes of at least 4 members (excludes halogenated alkanes) is 15. The SMILES string of the molecule is CCCCCCCCCCCCC(CCBr)CCCCCCCCC. The Bertz CT molecular complexity index is 226. The molecule has 0 aromatic carbocycles. The summed E-state index contributed by atoms with van der Waals surface area (Å²) >= 11 is 3.67. The van der Waals surface area contributed by atoms with Gasteiger partial charge in [0.2, 0.25) is 0 Å². The van der Waals surface area contributed by atoms with Crippen LogP contribution in [0.15, 0.2) is 0 Å². The fraction of sp³-hybridized carbons (Fsp3) is 1.00. The molecular formula is C24H49Br. The summed E-state index contributed by atoms with van der Waals surface area (Å²) in [4.78, 5) is 0. The van der Waals surface area contributed by atoms with Gasteiger partial charge in [0.05, 0.1) is 0 Å². The molecule has 152 valence electrons. The molecule has 0 aromatic rings. The Labute approximate surface area is 169 Å². The van der Waals surface area contributed by atoms with Crippen LogP contribution in [0, 0.1) is 5.92 Å². The van der Waals surface area contributed by atoms with Crippen molar-refractivity contribution in [3.63, 3.8) is 0 Å². The first-order valence-electron chi connectivity index (χ1n) is 11.9. The van der Waals surface area contributed by atoms with E-state index in [1.165, 1.54) is 134 Å². The predicted octanol–water partition coefficient (Wildman–Crippen LogP) is 9.84. The van der Waals surface area contributed by atoms with Gasteiger partial charge in [-0.05, 0) is 12.3 Å².